The molecule has 4 unspecified atom stereocenters. The zero-order chi connectivity index (χ0) is 17.7. The lowest BCUT2D eigenvalue weighted by Gasteiger charge is -2.34. The van der Waals surface area contributed by atoms with E-state index in [9.17, 15) is 14.4 Å². The Hall–Kier alpha value is -1.63. The van der Waals surface area contributed by atoms with Gasteiger partial charge in [0.2, 0.25) is 5.91 Å². The number of nitrogens with zero attached hydrogens (tertiary/aromatic N) is 1. The number of carboxylic acids is 1. The second-order valence-electron chi connectivity index (χ2n) is 7.46. The molecule has 0 bridgehead atoms. The molecule has 24 heavy (non-hydrogen) atoms. The molecule has 3 N–H and O–H groups in total. The van der Waals surface area contributed by atoms with Gasteiger partial charge in [0, 0.05) is 19.1 Å². The van der Waals surface area contributed by atoms with Gasteiger partial charge >= 0.3 is 12.0 Å². The maximum absolute atomic E-state index is 12.1. The lowest BCUT2D eigenvalue weighted by atomic mass is 9.86. The van der Waals surface area contributed by atoms with Gasteiger partial charge in [-0.1, -0.05) is 26.7 Å². The molecule has 1 saturated carbocycles. The summed E-state index contributed by atoms with van der Waals surface area (Å²) in [7, 11) is 0. The Labute approximate surface area is 143 Å². The highest BCUT2D eigenvalue weighted by molar-refractivity contribution is 5.95. The van der Waals surface area contributed by atoms with E-state index < -0.39 is 17.9 Å². The average Bonchev–Trinajstić information content (AvgIpc) is 2.48. The van der Waals surface area contributed by atoms with Gasteiger partial charge in [-0.05, 0) is 31.1 Å². The van der Waals surface area contributed by atoms with Crippen molar-refractivity contribution in [2.45, 2.75) is 52.0 Å². The first-order valence-corrected chi connectivity index (χ1v) is 8.90. The van der Waals surface area contributed by atoms with Gasteiger partial charge in [-0.2, -0.15) is 0 Å². The normalized spacial score (nSPS) is 31.2. The van der Waals surface area contributed by atoms with E-state index in [4.69, 9.17) is 5.11 Å². The Kier molecular flexibility index (Phi) is 6.60. The van der Waals surface area contributed by atoms with E-state index in [2.05, 4.69) is 17.6 Å². The SMILES string of the molecule is CC1CC(C(=O)O)CN(CC(=O)NC(=O)NC2CCCCC2C)C1. The van der Waals surface area contributed by atoms with Crippen molar-refractivity contribution in [2.75, 3.05) is 19.6 Å². The molecule has 2 aliphatic rings. The molecule has 1 aliphatic carbocycles. The van der Waals surface area contributed by atoms with Gasteiger partial charge < -0.3 is 10.4 Å². The second-order valence-corrected chi connectivity index (χ2v) is 7.46. The summed E-state index contributed by atoms with van der Waals surface area (Å²) in [4.78, 5) is 37.0. The minimum atomic E-state index is -0.823. The maximum Gasteiger partial charge on any atom is 0.321 e. The lowest BCUT2D eigenvalue weighted by molar-refractivity contribution is -0.145. The van der Waals surface area contributed by atoms with Crippen LogP contribution in [0, 0.1) is 17.8 Å². The van der Waals surface area contributed by atoms with Gasteiger partial charge in [0.05, 0.1) is 12.5 Å². The largest absolute Gasteiger partial charge is 0.481 e. The predicted molar refractivity (Wildman–Crippen MR) is 89.4 cm³/mol. The third kappa shape index (κ3) is 5.47. The molecule has 7 heteroatoms. The molecule has 4 atom stereocenters. The van der Waals surface area contributed by atoms with E-state index in [1.54, 1.807) is 0 Å². The van der Waals surface area contributed by atoms with Crippen LogP contribution >= 0.6 is 0 Å². The van der Waals surface area contributed by atoms with Gasteiger partial charge in [0.1, 0.15) is 0 Å². The molecule has 1 aliphatic heterocycles. The van der Waals surface area contributed by atoms with Crippen LogP contribution in [0.4, 0.5) is 4.79 Å². The van der Waals surface area contributed by atoms with Crippen LogP contribution in [0.15, 0.2) is 0 Å². The van der Waals surface area contributed by atoms with Crippen LogP contribution in [0.1, 0.15) is 46.0 Å². The zero-order valence-corrected chi connectivity index (χ0v) is 14.6. The Balaban J connectivity index is 1.77. The van der Waals surface area contributed by atoms with Crippen molar-refractivity contribution in [3.8, 4) is 0 Å². The summed E-state index contributed by atoms with van der Waals surface area (Å²) in [5.41, 5.74) is 0. The number of carboxylic acid groups (broad SMARTS) is 1. The molecule has 136 valence electrons. The number of likely N-dealkylation sites (tertiary alicyclic amines) is 1. The van der Waals surface area contributed by atoms with E-state index in [1.807, 2.05) is 11.8 Å². The Bertz CT molecular complexity index is 482. The van der Waals surface area contributed by atoms with Crippen molar-refractivity contribution in [1.82, 2.24) is 15.5 Å². The van der Waals surface area contributed by atoms with Gasteiger partial charge in [-0.15, -0.1) is 0 Å². The number of amides is 3. The van der Waals surface area contributed by atoms with Crippen LogP contribution < -0.4 is 10.6 Å². The number of urea groups is 1. The first kappa shape index (κ1) is 18.7. The molecule has 7 nitrogen and oxygen atoms in total. The van der Waals surface area contributed by atoms with Crippen molar-refractivity contribution < 1.29 is 19.5 Å². The van der Waals surface area contributed by atoms with Crippen molar-refractivity contribution in [3.63, 3.8) is 0 Å². The molecule has 3 amide bonds. The highest BCUT2D eigenvalue weighted by atomic mass is 16.4. The quantitative estimate of drug-likeness (QED) is 0.720. The predicted octanol–water partition coefficient (Wildman–Crippen LogP) is 1.43. The van der Waals surface area contributed by atoms with Crippen LogP contribution in [0.25, 0.3) is 0 Å². The number of carbonyl (C=O) groups is 3. The molecule has 0 aromatic heterocycles. The van der Waals surface area contributed by atoms with Gasteiger partial charge in [-0.3, -0.25) is 19.8 Å². The molecule has 2 rings (SSSR count). The summed E-state index contributed by atoms with van der Waals surface area (Å²) in [6.07, 6.45) is 4.98. The minimum absolute atomic E-state index is 0.0573. The van der Waals surface area contributed by atoms with Crippen LogP contribution in [0.2, 0.25) is 0 Å². The summed E-state index contributed by atoms with van der Waals surface area (Å²) in [6.45, 7) is 5.19. The Morgan fingerprint density at radius 2 is 1.83 bits per heavy atom. The highest BCUT2D eigenvalue weighted by Crippen LogP contribution is 2.23. The third-order valence-electron chi connectivity index (χ3n) is 5.13. The number of hydrogen-bond donors (Lipinski definition) is 3. The van der Waals surface area contributed by atoms with Gasteiger partial charge in [0.15, 0.2) is 0 Å². The molecule has 0 spiro atoms. The monoisotopic (exact) mass is 339 g/mol. The van der Waals surface area contributed by atoms with E-state index >= 15 is 0 Å². The number of nitrogens with one attached hydrogen (secondary N) is 2. The fourth-order valence-electron chi connectivity index (χ4n) is 3.87. The molecule has 0 radical (unpaired) electrons. The molecule has 1 heterocycles. The fraction of sp³-hybridized carbons (Fsp3) is 0.824. The lowest BCUT2D eigenvalue weighted by Crippen LogP contribution is -2.51. The van der Waals surface area contributed by atoms with Crippen molar-refractivity contribution >= 4 is 17.9 Å². The smallest absolute Gasteiger partial charge is 0.321 e. The van der Waals surface area contributed by atoms with Crippen LogP contribution in [-0.2, 0) is 9.59 Å². The number of piperidine rings is 1. The third-order valence-corrected chi connectivity index (χ3v) is 5.13. The zero-order valence-electron chi connectivity index (χ0n) is 14.6. The topological polar surface area (TPSA) is 98.7 Å². The molecule has 1 saturated heterocycles. The van der Waals surface area contributed by atoms with E-state index in [0.717, 1.165) is 19.3 Å². The number of aliphatic carboxylic acids is 1. The first-order valence-electron chi connectivity index (χ1n) is 8.90. The summed E-state index contributed by atoms with van der Waals surface area (Å²) in [5.74, 6) is -0.993. The van der Waals surface area contributed by atoms with Gasteiger partial charge in [-0.25, -0.2) is 4.79 Å². The highest BCUT2D eigenvalue weighted by Gasteiger charge is 2.30. The van der Waals surface area contributed by atoms with E-state index in [-0.39, 0.29) is 24.4 Å². The summed E-state index contributed by atoms with van der Waals surface area (Å²) >= 11 is 0. The Morgan fingerprint density at radius 3 is 2.50 bits per heavy atom. The molecular weight excluding hydrogens is 310 g/mol. The maximum atomic E-state index is 12.1. The van der Waals surface area contributed by atoms with Crippen LogP contribution in [0.5, 0.6) is 0 Å². The van der Waals surface area contributed by atoms with E-state index in [1.165, 1.54) is 6.42 Å². The number of rotatable bonds is 4. The fourth-order valence-corrected chi connectivity index (χ4v) is 3.87. The van der Waals surface area contributed by atoms with Crippen molar-refractivity contribution in [2.24, 2.45) is 17.8 Å². The van der Waals surface area contributed by atoms with Gasteiger partial charge in [0.25, 0.3) is 0 Å². The Morgan fingerprint density at radius 1 is 1.12 bits per heavy atom. The molecular formula is C17H29N3O4. The molecule has 0 aromatic rings. The van der Waals surface area contributed by atoms with Crippen LogP contribution in [-0.4, -0.2) is 53.6 Å². The molecule has 0 aromatic carbocycles. The van der Waals surface area contributed by atoms with Crippen molar-refractivity contribution in [3.05, 3.63) is 0 Å². The number of carbonyl (C=O) groups excluding carboxylic acids is 2. The summed E-state index contributed by atoms with van der Waals surface area (Å²) in [6, 6.07) is -0.323. The van der Waals surface area contributed by atoms with Crippen molar-refractivity contribution in [1.29, 1.82) is 0 Å². The number of hydrogen-bond acceptors (Lipinski definition) is 4. The molecule has 2 fully saturated rings. The average molecular weight is 339 g/mol. The summed E-state index contributed by atoms with van der Waals surface area (Å²) in [5, 5.41) is 14.4. The second kappa shape index (κ2) is 8.46. The van der Waals surface area contributed by atoms with Crippen LogP contribution in [0.3, 0.4) is 0 Å². The standard InChI is InChI=1S/C17H29N3O4/c1-11-7-13(16(22)23)9-20(8-11)10-15(21)19-17(24)18-14-6-4-3-5-12(14)2/h11-14H,3-10H2,1-2H3,(H,22,23)(H2,18,19,21,24). The van der Waals surface area contributed by atoms with E-state index in [0.29, 0.717) is 25.4 Å². The first-order chi connectivity index (χ1) is 11.3. The summed E-state index contributed by atoms with van der Waals surface area (Å²) < 4.78 is 0. The number of imide groups is 1. The minimum Gasteiger partial charge on any atom is -0.481 e.